The van der Waals surface area contributed by atoms with E-state index in [1.54, 1.807) is 4.68 Å². The number of halogens is 2. The molecule has 0 fully saturated rings. The average molecular weight is 288 g/mol. The summed E-state index contributed by atoms with van der Waals surface area (Å²) in [6.45, 7) is 4.54. The predicted octanol–water partition coefficient (Wildman–Crippen LogP) is 2.24. The van der Waals surface area contributed by atoms with Gasteiger partial charge in [0, 0.05) is 31.0 Å². The van der Waals surface area contributed by atoms with E-state index in [0.29, 0.717) is 13.1 Å². The van der Waals surface area contributed by atoms with Crippen molar-refractivity contribution >= 4 is 18.1 Å². The van der Waals surface area contributed by atoms with Crippen LogP contribution in [-0.4, -0.2) is 26.2 Å². The Morgan fingerprint density at radius 3 is 2.68 bits per heavy atom. The van der Waals surface area contributed by atoms with Crippen LogP contribution in [0.4, 0.5) is 10.1 Å². The van der Waals surface area contributed by atoms with Crippen molar-refractivity contribution in [2.24, 2.45) is 7.05 Å². The molecule has 0 saturated heterocycles. The summed E-state index contributed by atoms with van der Waals surface area (Å²) in [5.74, 6) is 0. The largest absolute Gasteiger partial charge is 0.378 e. The van der Waals surface area contributed by atoms with E-state index in [9.17, 15) is 4.39 Å². The lowest BCUT2D eigenvalue weighted by Crippen LogP contribution is -2.02. The van der Waals surface area contributed by atoms with Crippen LogP contribution < -0.4 is 5.32 Å². The molecule has 0 atom stereocenters. The molecule has 0 aromatic carbocycles. The summed E-state index contributed by atoms with van der Waals surface area (Å²) in [7, 11) is 1.92. The zero-order valence-corrected chi connectivity index (χ0v) is 12.2. The van der Waals surface area contributed by atoms with E-state index in [2.05, 4.69) is 15.5 Å². The van der Waals surface area contributed by atoms with Gasteiger partial charge in [0.2, 0.25) is 0 Å². The summed E-state index contributed by atoms with van der Waals surface area (Å²) < 4.78 is 15.7. The highest BCUT2D eigenvalue weighted by Crippen LogP contribution is 2.15. The molecule has 2 aromatic heterocycles. The molecule has 0 spiro atoms. The van der Waals surface area contributed by atoms with Crippen molar-refractivity contribution in [3.63, 3.8) is 0 Å². The van der Waals surface area contributed by atoms with Gasteiger partial charge in [-0.15, -0.1) is 12.4 Å². The summed E-state index contributed by atoms with van der Waals surface area (Å²) in [6.07, 6.45) is 3.68. The fourth-order valence-electron chi connectivity index (χ4n) is 1.80. The molecule has 0 saturated carbocycles. The maximum absolute atomic E-state index is 12.2. The summed E-state index contributed by atoms with van der Waals surface area (Å²) in [5, 5.41) is 11.7. The SMILES string of the molecule is Cc1nn(CCF)cc1NCc1cnn(C)c1C.Cl. The number of anilines is 1. The van der Waals surface area contributed by atoms with Crippen LogP contribution in [-0.2, 0) is 20.1 Å². The number of hydrogen-bond donors (Lipinski definition) is 1. The third-order valence-corrected chi connectivity index (χ3v) is 3.07. The number of alkyl halides is 1. The molecule has 19 heavy (non-hydrogen) atoms. The third kappa shape index (κ3) is 3.47. The second-order valence-electron chi connectivity index (χ2n) is 4.31. The average Bonchev–Trinajstić information content (AvgIpc) is 2.83. The van der Waals surface area contributed by atoms with Gasteiger partial charge in [0.15, 0.2) is 0 Å². The Hall–Kier alpha value is -1.56. The number of aryl methyl sites for hydroxylation is 3. The van der Waals surface area contributed by atoms with Gasteiger partial charge in [0.05, 0.1) is 24.1 Å². The molecule has 0 aliphatic rings. The van der Waals surface area contributed by atoms with E-state index in [-0.39, 0.29) is 12.4 Å². The minimum atomic E-state index is -0.401. The molecule has 106 valence electrons. The van der Waals surface area contributed by atoms with E-state index in [0.717, 1.165) is 22.6 Å². The number of nitrogens with one attached hydrogen (secondary N) is 1. The standard InChI is InChI=1S/C12H18FN5.ClH/c1-9-12(8-18(16-9)5-4-13)14-6-11-7-15-17(3)10(11)2;/h7-8,14H,4-6H2,1-3H3;1H. The quantitative estimate of drug-likeness (QED) is 0.917. The summed E-state index contributed by atoms with van der Waals surface area (Å²) in [4.78, 5) is 0. The molecule has 2 rings (SSSR count). The second kappa shape index (κ2) is 6.56. The fourth-order valence-corrected chi connectivity index (χ4v) is 1.80. The van der Waals surface area contributed by atoms with Gasteiger partial charge in [-0.05, 0) is 13.8 Å². The molecule has 0 aliphatic carbocycles. The summed E-state index contributed by atoms with van der Waals surface area (Å²) in [5.41, 5.74) is 4.10. The first-order valence-corrected chi connectivity index (χ1v) is 5.93. The van der Waals surface area contributed by atoms with Crippen molar-refractivity contribution in [1.82, 2.24) is 19.6 Å². The zero-order valence-electron chi connectivity index (χ0n) is 11.4. The number of rotatable bonds is 5. The Labute approximate surface area is 118 Å². The van der Waals surface area contributed by atoms with Crippen LogP contribution in [0, 0.1) is 13.8 Å². The number of nitrogens with zero attached hydrogens (tertiary/aromatic N) is 4. The molecule has 0 bridgehead atoms. The van der Waals surface area contributed by atoms with E-state index < -0.39 is 6.67 Å². The Morgan fingerprint density at radius 2 is 2.11 bits per heavy atom. The Kier molecular flexibility index (Phi) is 5.35. The van der Waals surface area contributed by atoms with Crippen LogP contribution in [0.3, 0.4) is 0 Å². The van der Waals surface area contributed by atoms with Crippen LogP contribution >= 0.6 is 12.4 Å². The van der Waals surface area contributed by atoms with E-state index in [1.807, 2.05) is 38.0 Å². The van der Waals surface area contributed by atoms with Crippen LogP contribution in [0.5, 0.6) is 0 Å². The maximum Gasteiger partial charge on any atom is 0.109 e. The number of aromatic nitrogens is 4. The zero-order chi connectivity index (χ0) is 13.1. The van der Waals surface area contributed by atoms with Crippen molar-refractivity contribution in [1.29, 1.82) is 0 Å². The first-order chi connectivity index (χ1) is 8.61. The highest BCUT2D eigenvalue weighted by atomic mass is 35.5. The first kappa shape index (κ1) is 15.5. The number of hydrogen-bond acceptors (Lipinski definition) is 3. The minimum Gasteiger partial charge on any atom is -0.378 e. The van der Waals surface area contributed by atoms with Gasteiger partial charge in [-0.2, -0.15) is 10.2 Å². The molecule has 0 unspecified atom stereocenters. The molecular weight excluding hydrogens is 269 g/mol. The van der Waals surface area contributed by atoms with Crippen molar-refractivity contribution in [3.05, 3.63) is 29.3 Å². The van der Waals surface area contributed by atoms with E-state index in [1.165, 1.54) is 0 Å². The Bertz CT molecular complexity index is 534. The molecule has 7 heteroatoms. The molecule has 1 N–H and O–H groups in total. The molecular formula is C12H19ClFN5. The Morgan fingerprint density at radius 1 is 1.37 bits per heavy atom. The smallest absolute Gasteiger partial charge is 0.109 e. The van der Waals surface area contributed by atoms with Crippen molar-refractivity contribution in [2.75, 3.05) is 12.0 Å². The van der Waals surface area contributed by atoms with Gasteiger partial charge in [0.25, 0.3) is 0 Å². The first-order valence-electron chi connectivity index (χ1n) is 5.93. The van der Waals surface area contributed by atoms with Crippen LogP contribution in [0.2, 0.25) is 0 Å². The van der Waals surface area contributed by atoms with Crippen LogP contribution in [0.15, 0.2) is 12.4 Å². The van der Waals surface area contributed by atoms with Gasteiger partial charge in [-0.25, -0.2) is 4.39 Å². The van der Waals surface area contributed by atoms with Crippen LogP contribution in [0.1, 0.15) is 17.0 Å². The van der Waals surface area contributed by atoms with Crippen molar-refractivity contribution < 1.29 is 4.39 Å². The summed E-state index contributed by atoms with van der Waals surface area (Å²) >= 11 is 0. The molecule has 5 nitrogen and oxygen atoms in total. The van der Waals surface area contributed by atoms with Crippen LogP contribution in [0.25, 0.3) is 0 Å². The molecule has 2 heterocycles. The topological polar surface area (TPSA) is 47.7 Å². The lowest BCUT2D eigenvalue weighted by Gasteiger charge is -2.04. The molecule has 0 aliphatic heterocycles. The molecule has 2 aromatic rings. The normalized spacial score (nSPS) is 10.3. The summed E-state index contributed by atoms with van der Waals surface area (Å²) in [6, 6.07) is 0. The van der Waals surface area contributed by atoms with Crippen molar-refractivity contribution in [3.8, 4) is 0 Å². The van der Waals surface area contributed by atoms with Gasteiger partial charge < -0.3 is 5.32 Å². The van der Waals surface area contributed by atoms with Gasteiger partial charge in [-0.3, -0.25) is 9.36 Å². The molecule has 0 amide bonds. The predicted molar refractivity (Wildman–Crippen MR) is 75.5 cm³/mol. The lowest BCUT2D eigenvalue weighted by atomic mass is 10.2. The van der Waals surface area contributed by atoms with E-state index in [4.69, 9.17) is 0 Å². The fraction of sp³-hybridized carbons (Fsp3) is 0.500. The van der Waals surface area contributed by atoms with Gasteiger partial charge >= 0.3 is 0 Å². The van der Waals surface area contributed by atoms with E-state index >= 15 is 0 Å². The van der Waals surface area contributed by atoms with Crippen molar-refractivity contribution in [2.45, 2.75) is 26.9 Å². The Balaban J connectivity index is 0.00000180. The lowest BCUT2D eigenvalue weighted by molar-refractivity contribution is 0.426. The second-order valence-corrected chi connectivity index (χ2v) is 4.31. The highest BCUT2D eigenvalue weighted by molar-refractivity contribution is 5.85. The van der Waals surface area contributed by atoms with Gasteiger partial charge in [0.1, 0.15) is 6.67 Å². The highest BCUT2D eigenvalue weighted by Gasteiger charge is 2.07. The minimum absolute atomic E-state index is 0. The molecule has 0 radical (unpaired) electrons. The third-order valence-electron chi connectivity index (χ3n) is 3.07. The van der Waals surface area contributed by atoms with Gasteiger partial charge in [-0.1, -0.05) is 0 Å². The monoisotopic (exact) mass is 287 g/mol. The maximum atomic E-state index is 12.2.